The summed E-state index contributed by atoms with van der Waals surface area (Å²) in [6, 6.07) is 12.1. The molecule has 2 aliphatic rings. The van der Waals surface area contributed by atoms with Crippen LogP contribution in [0.1, 0.15) is 24.0 Å². The molecule has 4 nitrogen and oxygen atoms in total. The van der Waals surface area contributed by atoms with Gasteiger partial charge in [-0.3, -0.25) is 9.59 Å². The fraction of sp³-hybridized carbons (Fsp3) is 0.300. The van der Waals surface area contributed by atoms with Crippen molar-refractivity contribution in [1.82, 2.24) is 0 Å². The summed E-state index contributed by atoms with van der Waals surface area (Å²) in [6.45, 7) is 0.205. The zero-order valence-corrected chi connectivity index (χ0v) is 13.8. The SMILES string of the molecule is O=C(Nc1ccc2c(c1)CCC2)[C@@H]1CC(=O)N(c2ccccc2F)C1. The highest BCUT2D eigenvalue weighted by atomic mass is 19.1. The number of anilines is 2. The molecule has 0 bridgehead atoms. The Kier molecular flexibility index (Phi) is 3.99. The summed E-state index contributed by atoms with van der Waals surface area (Å²) in [5.41, 5.74) is 3.64. The van der Waals surface area contributed by atoms with Crippen LogP contribution in [0.3, 0.4) is 0 Å². The van der Waals surface area contributed by atoms with Crippen molar-refractivity contribution in [3.8, 4) is 0 Å². The van der Waals surface area contributed by atoms with E-state index in [4.69, 9.17) is 0 Å². The molecule has 128 valence electrons. The van der Waals surface area contributed by atoms with Crippen molar-refractivity contribution < 1.29 is 14.0 Å². The second kappa shape index (κ2) is 6.31. The van der Waals surface area contributed by atoms with E-state index in [-0.39, 0.29) is 30.5 Å². The lowest BCUT2D eigenvalue weighted by Gasteiger charge is -2.17. The zero-order chi connectivity index (χ0) is 17.4. The topological polar surface area (TPSA) is 49.4 Å². The molecule has 0 saturated carbocycles. The van der Waals surface area contributed by atoms with E-state index in [1.165, 1.54) is 22.1 Å². The number of amides is 2. The van der Waals surface area contributed by atoms with Crippen molar-refractivity contribution in [2.24, 2.45) is 5.92 Å². The number of benzene rings is 2. The molecule has 4 rings (SSSR count). The molecule has 1 aliphatic carbocycles. The third-order valence-corrected chi connectivity index (χ3v) is 5.01. The van der Waals surface area contributed by atoms with Gasteiger partial charge in [-0.1, -0.05) is 18.2 Å². The summed E-state index contributed by atoms with van der Waals surface area (Å²) in [4.78, 5) is 26.1. The largest absolute Gasteiger partial charge is 0.326 e. The molecule has 0 spiro atoms. The first-order valence-electron chi connectivity index (χ1n) is 8.59. The minimum Gasteiger partial charge on any atom is -0.326 e. The van der Waals surface area contributed by atoms with Crippen molar-refractivity contribution >= 4 is 23.2 Å². The second-order valence-corrected chi connectivity index (χ2v) is 6.68. The van der Waals surface area contributed by atoms with Gasteiger partial charge in [0, 0.05) is 18.7 Å². The lowest BCUT2D eigenvalue weighted by Crippen LogP contribution is -2.28. The summed E-state index contributed by atoms with van der Waals surface area (Å²) < 4.78 is 13.9. The maximum absolute atomic E-state index is 13.9. The average Bonchev–Trinajstić information content (AvgIpc) is 3.21. The molecule has 1 N–H and O–H groups in total. The predicted molar refractivity (Wildman–Crippen MR) is 94.0 cm³/mol. The van der Waals surface area contributed by atoms with Crippen LogP contribution in [-0.2, 0) is 22.4 Å². The first-order valence-corrected chi connectivity index (χ1v) is 8.59. The number of nitrogens with one attached hydrogen (secondary N) is 1. The summed E-state index contributed by atoms with van der Waals surface area (Å²) in [6.07, 6.45) is 3.40. The van der Waals surface area contributed by atoms with Crippen molar-refractivity contribution in [3.63, 3.8) is 0 Å². The van der Waals surface area contributed by atoms with Crippen LogP contribution < -0.4 is 10.2 Å². The number of nitrogens with zero attached hydrogens (tertiary/aromatic N) is 1. The van der Waals surface area contributed by atoms with Gasteiger partial charge in [0.1, 0.15) is 5.82 Å². The highest BCUT2D eigenvalue weighted by Gasteiger charge is 2.36. The van der Waals surface area contributed by atoms with Gasteiger partial charge >= 0.3 is 0 Å². The molecule has 2 aromatic rings. The van der Waals surface area contributed by atoms with E-state index in [9.17, 15) is 14.0 Å². The quantitative estimate of drug-likeness (QED) is 0.933. The Hall–Kier alpha value is -2.69. The molecule has 0 unspecified atom stereocenters. The number of hydrogen-bond acceptors (Lipinski definition) is 2. The van der Waals surface area contributed by atoms with Crippen molar-refractivity contribution in [1.29, 1.82) is 0 Å². The number of aryl methyl sites for hydroxylation is 2. The number of carbonyl (C=O) groups is 2. The Morgan fingerprint density at radius 3 is 2.76 bits per heavy atom. The molecule has 1 heterocycles. The molecule has 5 heteroatoms. The van der Waals surface area contributed by atoms with E-state index < -0.39 is 11.7 Å². The molecular formula is C20H19FN2O2. The van der Waals surface area contributed by atoms with Gasteiger partial charge in [0.2, 0.25) is 11.8 Å². The number of carbonyl (C=O) groups excluding carboxylic acids is 2. The summed E-state index contributed by atoms with van der Waals surface area (Å²) >= 11 is 0. The predicted octanol–water partition coefficient (Wildman–Crippen LogP) is 3.31. The molecule has 0 aromatic heterocycles. The molecule has 2 amide bonds. The van der Waals surface area contributed by atoms with Crippen LogP contribution in [0.15, 0.2) is 42.5 Å². The fourth-order valence-electron chi connectivity index (χ4n) is 3.68. The van der Waals surface area contributed by atoms with Crippen LogP contribution in [0.25, 0.3) is 0 Å². The lowest BCUT2D eigenvalue weighted by molar-refractivity contribution is -0.122. The first kappa shape index (κ1) is 15.8. The third kappa shape index (κ3) is 3.02. The number of halogens is 1. The average molecular weight is 338 g/mol. The van der Waals surface area contributed by atoms with E-state index >= 15 is 0 Å². The summed E-state index contributed by atoms with van der Waals surface area (Å²) in [5, 5.41) is 2.91. The molecule has 0 radical (unpaired) electrons. The highest BCUT2D eigenvalue weighted by molar-refractivity contribution is 6.03. The van der Waals surface area contributed by atoms with Crippen LogP contribution >= 0.6 is 0 Å². The Morgan fingerprint density at radius 1 is 1.12 bits per heavy atom. The maximum Gasteiger partial charge on any atom is 0.229 e. The van der Waals surface area contributed by atoms with Crippen molar-refractivity contribution in [2.75, 3.05) is 16.8 Å². The molecule has 2 aromatic carbocycles. The first-order chi connectivity index (χ1) is 12.1. The van der Waals surface area contributed by atoms with E-state index in [1.54, 1.807) is 18.2 Å². The molecule has 1 atom stereocenters. The molecule has 1 saturated heterocycles. The Bertz CT molecular complexity index is 849. The van der Waals surface area contributed by atoms with Crippen LogP contribution in [0.5, 0.6) is 0 Å². The number of fused-ring (bicyclic) bond motifs is 1. The Labute approximate surface area is 145 Å². The lowest BCUT2D eigenvalue weighted by atomic mass is 10.1. The minimum atomic E-state index is -0.472. The summed E-state index contributed by atoms with van der Waals surface area (Å²) in [7, 11) is 0. The number of rotatable bonds is 3. The number of hydrogen-bond donors (Lipinski definition) is 1. The normalized spacial score (nSPS) is 19.2. The van der Waals surface area contributed by atoms with Crippen LogP contribution in [0, 0.1) is 11.7 Å². The van der Waals surface area contributed by atoms with Crippen LogP contribution in [0.4, 0.5) is 15.8 Å². The maximum atomic E-state index is 13.9. The van der Waals surface area contributed by atoms with Gasteiger partial charge in [0.25, 0.3) is 0 Å². The van der Waals surface area contributed by atoms with Gasteiger partial charge < -0.3 is 10.2 Å². The zero-order valence-electron chi connectivity index (χ0n) is 13.8. The molecule has 1 fully saturated rings. The fourth-order valence-corrected chi connectivity index (χ4v) is 3.68. The van der Waals surface area contributed by atoms with E-state index in [2.05, 4.69) is 11.4 Å². The van der Waals surface area contributed by atoms with Gasteiger partial charge in [-0.2, -0.15) is 0 Å². The third-order valence-electron chi connectivity index (χ3n) is 5.01. The smallest absolute Gasteiger partial charge is 0.229 e. The minimum absolute atomic E-state index is 0.102. The molecule has 1 aliphatic heterocycles. The van der Waals surface area contributed by atoms with Crippen molar-refractivity contribution in [3.05, 3.63) is 59.4 Å². The van der Waals surface area contributed by atoms with Crippen LogP contribution in [-0.4, -0.2) is 18.4 Å². The number of para-hydroxylation sites is 1. The standard InChI is InChI=1S/C20H19FN2O2/c21-17-6-1-2-7-18(17)23-12-15(11-19(23)24)20(25)22-16-9-8-13-4-3-5-14(13)10-16/h1-2,6-10,15H,3-5,11-12H2,(H,22,25)/t15-/m1/s1. The van der Waals surface area contributed by atoms with Gasteiger partial charge in [-0.15, -0.1) is 0 Å². The van der Waals surface area contributed by atoms with E-state index in [0.717, 1.165) is 24.9 Å². The van der Waals surface area contributed by atoms with E-state index in [0.29, 0.717) is 0 Å². The van der Waals surface area contributed by atoms with Gasteiger partial charge in [0.15, 0.2) is 0 Å². The van der Waals surface area contributed by atoms with Crippen molar-refractivity contribution in [2.45, 2.75) is 25.7 Å². The summed E-state index contributed by atoms with van der Waals surface area (Å²) in [5.74, 6) is -1.33. The Morgan fingerprint density at radius 2 is 1.92 bits per heavy atom. The van der Waals surface area contributed by atoms with Gasteiger partial charge in [-0.05, 0) is 54.7 Å². The Balaban J connectivity index is 1.47. The van der Waals surface area contributed by atoms with Gasteiger partial charge in [0.05, 0.1) is 11.6 Å². The monoisotopic (exact) mass is 338 g/mol. The van der Waals surface area contributed by atoms with Gasteiger partial charge in [-0.25, -0.2) is 4.39 Å². The molecular weight excluding hydrogens is 319 g/mol. The van der Waals surface area contributed by atoms with Crippen LogP contribution in [0.2, 0.25) is 0 Å². The second-order valence-electron chi connectivity index (χ2n) is 6.68. The highest BCUT2D eigenvalue weighted by Crippen LogP contribution is 2.29. The van der Waals surface area contributed by atoms with E-state index in [1.807, 2.05) is 12.1 Å². The molecule has 25 heavy (non-hydrogen) atoms.